The summed E-state index contributed by atoms with van der Waals surface area (Å²) >= 11 is 6.23. The van der Waals surface area contributed by atoms with Crippen molar-refractivity contribution in [3.63, 3.8) is 0 Å². The molecule has 2 rings (SSSR count). The molecule has 4 heteroatoms. The predicted molar refractivity (Wildman–Crippen MR) is 85.6 cm³/mol. The van der Waals surface area contributed by atoms with Crippen molar-refractivity contribution in [1.82, 2.24) is 5.32 Å². The van der Waals surface area contributed by atoms with Crippen LogP contribution in [0.1, 0.15) is 18.1 Å². The number of hydrogen-bond acceptors (Lipinski definition) is 3. The Balaban J connectivity index is 1.90. The molecule has 3 nitrogen and oxygen atoms in total. The molecule has 0 spiro atoms. The Morgan fingerprint density at radius 1 is 1.14 bits per heavy atom. The zero-order valence-electron chi connectivity index (χ0n) is 12.1. The monoisotopic (exact) mass is 305 g/mol. The van der Waals surface area contributed by atoms with E-state index in [1.807, 2.05) is 48.5 Å². The molecular weight excluding hydrogens is 286 g/mol. The SMILES string of the molecule is C[C@@H](O)CNCc1ccc(OCc2ccccc2)c(Cl)c1. The molecule has 1 atom stereocenters. The summed E-state index contributed by atoms with van der Waals surface area (Å²) in [5, 5.41) is 13.0. The van der Waals surface area contributed by atoms with Crippen molar-refractivity contribution in [2.24, 2.45) is 0 Å². The highest BCUT2D eigenvalue weighted by atomic mass is 35.5. The highest BCUT2D eigenvalue weighted by Crippen LogP contribution is 2.26. The van der Waals surface area contributed by atoms with E-state index in [-0.39, 0.29) is 6.10 Å². The summed E-state index contributed by atoms with van der Waals surface area (Å²) in [4.78, 5) is 0. The molecule has 0 radical (unpaired) electrons. The van der Waals surface area contributed by atoms with E-state index in [2.05, 4.69) is 5.32 Å². The fourth-order valence-electron chi connectivity index (χ4n) is 1.93. The molecule has 0 aromatic heterocycles. The third-order valence-corrected chi connectivity index (χ3v) is 3.30. The summed E-state index contributed by atoms with van der Waals surface area (Å²) in [6, 6.07) is 15.7. The topological polar surface area (TPSA) is 41.5 Å². The average molecular weight is 306 g/mol. The van der Waals surface area contributed by atoms with Gasteiger partial charge in [0.1, 0.15) is 12.4 Å². The van der Waals surface area contributed by atoms with Gasteiger partial charge in [0.05, 0.1) is 11.1 Å². The van der Waals surface area contributed by atoms with Gasteiger partial charge < -0.3 is 15.2 Å². The van der Waals surface area contributed by atoms with Gasteiger partial charge in [-0.25, -0.2) is 0 Å². The fourth-order valence-corrected chi connectivity index (χ4v) is 2.19. The van der Waals surface area contributed by atoms with Gasteiger partial charge in [-0.05, 0) is 30.2 Å². The third-order valence-electron chi connectivity index (χ3n) is 3.00. The lowest BCUT2D eigenvalue weighted by Crippen LogP contribution is -2.23. The molecule has 0 amide bonds. The van der Waals surface area contributed by atoms with Crippen molar-refractivity contribution in [2.45, 2.75) is 26.2 Å². The first kappa shape index (κ1) is 15.8. The molecule has 0 saturated carbocycles. The Hall–Kier alpha value is -1.55. The second-order valence-corrected chi connectivity index (χ2v) is 5.43. The van der Waals surface area contributed by atoms with Crippen molar-refractivity contribution in [3.8, 4) is 5.75 Å². The number of halogens is 1. The lowest BCUT2D eigenvalue weighted by Gasteiger charge is -2.11. The van der Waals surface area contributed by atoms with E-state index in [1.165, 1.54) is 0 Å². The number of nitrogens with one attached hydrogen (secondary N) is 1. The van der Waals surface area contributed by atoms with Crippen molar-refractivity contribution in [1.29, 1.82) is 0 Å². The maximum absolute atomic E-state index is 9.20. The van der Waals surface area contributed by atoms with Crippen LogP contribution in [-0.4, -0.2) is 17.8 Å². The second kappa shape index (κ2) is 8.03. The molecule has 21 heavy (non-hydrogen) atoms. The van der Waals surface area contributed by atoms with Gasteiger partial charge in [-0.1, -0.05) is 48.0 Å². The van der Waals surface area contributed by atoms with Gasteiger partial charge in [0.15, 0.2) is 0 Å². The largest absolute Gasteiger partial charge is 0.487 e. The zero-order valence-corrected chi connectivity index (χ0v) is 12.8. The van der Waals surface area contributed by atoms with Gasteiger partial charge in [-0.3, -0.25) is 0 Å². The number of hydrogen-bond donors (Lipinski definition) is 2. The van der Waals surface area contributed by atoms with Crippen LogP contribution in [-0.2, 0) is 13.2 Å². The smallest absolute Gasteiger partial charge is 0.138 e. The van der Waals surface area contributed by atoms with E-state index in [9.17, 15) is 5.11 Å². The van der Waals surface area contributed by atoms with E-state index in [0.29, 0.717) is 30.5 Å². The normalized spacial score (nSPS) is 12.1. The van der Waals surface area contributed by atoms with Gasteiger partial charge in [0.25, 0.3) is 0 Å². The molecule has 0 aliphatic rings. The Labute approximate surface area is 130 Å². The molecule has 112 valence electrons. The van der Waals surface area contributed by atoms with Crippen molar-refractivity contribution < 1.29 is 9.84 Å². The van der Waals surface area contributed by atoms with Crippen molar-refractivity contribution >= 4 is 11.6 Å². The van der Waals surface area contributed by atoms with E-state index >= 15 is 0 Å². The Bertz CT molecular complexity index is 558. The Kier molecular flexibility index (Phi) is 6.05. The lowest BCUT2D eigenvalue weighted by atomic mass is 10.2. The van der Waals surface area contributed by atoms with E-state index < -0.39 is 0 Å². The molecule has 0 heterocycles. The van der Waals surface area contributed by atoms with E-state index in [4.69, 9.17) is 16.3 Å². The lowest BCUT2D eigenvalue weighted by molar-refractivity contribution is 0.191. The number of aliphatic hydroxyl groups excluding tert-OH is 1. The summed E-state index contributed by atoms with van der Waals surface area (Å²) in [6.45, 7) is 3.48. The van der Waals surface area contributed by atoms with Gasteiger partial charge in [0.2, 0.25) is 0 Å². The maximum Gasteiger partial charge on any atom is 0.138 e. The predicted octanol–water partition coefficient (Wildman–Crippen LogP) is 3.39. The summed E-state index contributed by atoms with van der Waals surface area (Å²) in [5.74, 6) is 0.680. The summed E-state index contributed by atoms with van der Waals surface area (Å²) < 4.78 is 5.73. The van der Waals surface area contributed by atoms with Crippen molar-refractivity contribution in [2.75, 3.05) is 6.54 Å². The molecule has 0 aliphatic carbocycles. The van der Waals surface area contributed by atoms with Crippen LogP contribution >= 0.6 is 11.6 Å². The van der Waals surface area contributed by atoms with Gasteiger partial charge in [-0.15, -0.1) is 0 Å². The average Bonchev–Trinajstić information content (AvgIpc) is 2.47. The third kappa shape index (κ3) is 5.38. The van der Waals surface area contributed by atoms with Crippen LogP contribution in [0.2, 0.25) is 5.02 Å². The number of rotatable bonds is 7. The Morgan fingerprint density at radius 2 is 1.90 bits per heavy atom. The van der Waals surface area contributed by atoms with Gasteiger partial charge >= 0.3 is 0 Å². The number of aliphatic hydroxyl groups is 1. The molecule has 0 unspecified atom stereocenters. The first-order valence-electron chi connectivity index (χ1n) is 6.99. The minimum atomic E-state index is -0.353. The minimum Gasteiger partial charge on any atom is -0.487 e. The summed E-state index contributed by atoms with van der Waals surface area (Å²) in [7, 11) is 0. The maximum atomic E-state index is 9.20. The van der Waals surface area contributed by atoms with Crippen molar-refractivity contribution in [3.05, 3.63) is 64.7 Å². The standard InChI is InChI=1S/C17H20ClNO2/c1-13(20)10-19-11-15-7-8-17(16(18)9-15)21-12-14-5-3-2-4-6-14/h2-9,13,19-20H,10-12H2,1H3/t13-/m1/s1. The highest BCUT2D eigenvalue weighted by Gasteiger charge is 2.04. The number of benzene rings is 2. The van der Waals surface area contributed by atoms with Crippen LogP contribution in [0.5, 0.6) is 5.75 Å². The molecule has 2 N–H and O–H groups in total. The molecular formula is C17H20ClNO2. The van der Waals surface area contributed by atoms with Crippen LogP contribution in [0.25, 0.3) is 0 Å². The molecule has 0 aliphatic heterocycles. The molecule has 0 bridgehead atoms. The summed E-state index contributed by atoms with van der Waals surface area (Å²) in [6.07, 6.45) is -0.353. The Morgan fingerprint density at radius 3 is 2.57 bits per heavy atom. The van der Waals surface area contributed by atoms with Gasteiger partial charge in [-0.2, -0.15) is 0 Å². The van der Waals surface area contributed by atoms with Crippen LogP contribution in [0, 0.1) is 0 Å². The zero-order chi connectivity index (χ0) is 15.1. The first-order valence-corrected chi connectivity index (χ1v) is 7.37. The molecule has 0 saturated heterocycles. The minimum absolute atomic E-state index is 0.353. The van der Waals surface area contributed by atoms with Crippen LogP contribution < -0.4 is 10.1 Å². The van der Waals surface area contributed by atoms with E-state index in [0.717, 1.165) is 11.1 Å². The van der Waals surface area contributed by atoms with Crippen LogP contribution in [0.3, 0.4) is 0 Å². The highest BCUT2D eigenvalue weighted by molar-refractivity contribution is 6.32. The quantitative estimate of drug-likeness (QED) is 0.824. The van der Waals surface area contributed by atoms with E-state index in [1.54, 1.807) is 6.92 Å². The summed E-state index contributed by atoms with van der Waals surface area (Å²) in [5.41, 5.74) is 2.17. The molecule has 0 fully saturated rings. The molecule has 2 aromatic rings. The first-order chi connectivity index (χ1) is 10.1. The number of ether oxygens (including phenoxy) is 1. The fraction of sp³-hybridized carbons (Fsp3) is 0.294. The van der Waals surface area contributed by atoms with Gasteiger partial charge in [0, 0.05) is 13.1 Å². The molecule has 2 aromatic carbocycles. The second-order valence-electron chi connectivity index (χ2n) is 5.02. The van der Waals surface area contributed by atoms with Crippen LogP contribution in [0.4, 0.5) is 0 Å². The van der Waals surface area contributed by atoms with Crippen LogP contribution in [0.15, 0.2) is 48.5 Å².